The minimum absolute atomic E-state index is 0.217. The van der Waals surface area contributed by atoms with Crippen molar-refractivity contribution in [2.75, 3.05) is 12.4 Å². The average Bonchev–Trinajstić information content (AvgIpc) is 2.89. The number of carbonyl (C=O) groups excluding carboxylic acids is 1. The third-order valence-electron chi connectivity index (χ3n) is 3.39. The van der Waals surface area contributed by atoms with Crippen molar-refractivity contribution in [1.29, 1.82) is 0 Å². The quantitative estimate of drug-likeness (QED) is 0.789. The Morgan fingerprint density at radius 2 is 2.00 bits per heavy atom. The number of benzene rings is 2. The molecule has 3 aromatic rings. The molecular formula is C17H16N2O2S. The van der Waals surface area contributed by atoms with Gasteiger partial charge in [-0.2, -0.15) is 0 Å². The van der Waals surface area contributed by atoms with Crippen LogP contribution in [0.15, 0.2) is 36.4 Å². The second-order valence-corrected chi connectivity index (χ2v) is 6.10. The van der Waals surface area contributed by atoms with Gasteiger partial charge in [0.15, 0.2) is 5.13 Å². The van der Waals surface area contributed by atoms with E-state index in [0.717, 1.165) is 15.8 Å². The molecule has 0 fully saturated rings. The van der Waals surface area contributed by atoms with Gasteiger partial charge < -0.3 is 4.74 Å². The van der Waals surface area contributed by atoms with Crippen LogP contribution in [0.3, 0.4) is 0 Å². The van der Waals surface area contributed by atoms with Gasteiger partial charge in [0.25, 0.3) is 5.91 Å². The number of amides is 1. The lowest BCUT2D eigenvalue weighted by Gasteiger charge is -2.06. The van der Waals surface area contributed by atoms with Crippen LogP contribution in [-0.4, -0.2) is 18.0 Å². The third-order valence-corrected chi connectivity index (χ3v) is 4.51. The van der Waals surface area contributed by atoms with E-state index < -0.39 is 0 Å². The zero-order valence-corrected chi connectivity index (χ0v) is 13.5. The zero-order chi connectivity index (χ0) is 15.7. The maximum absolute atomic E-state index is 12.4. The van der Waals surface area contributed by atoms with Crippen molar-refractivity contribution in [3.8, 4) is 5.75 Å². The van der Waals surface area contributed by atoms with Crippen molar-refractivity contribution in [3.05, 3.63) is 53.1 Å². The van der Waals surface area contributed by atoms with Crippen molar-refractivity contribution in [2.45, 2.75) is 13.8 Å². The van der Waals surface area contributed by atoms with Crippen LogP contribution in [0.2, 0.25) is 0 Å². The van der Waals surface area contributed by atoms with Crippen molar-refractivity contribution in [1.82, 2.24) is 4.98 Å². The Kier molecular flexibility index (Phi) is 3.81. The van der Waals surface area contributed by atoms with E-state index in [2.05, 4.69) is 23.3 Å². The van der Waals surface area contributed by atoms with Crippen molar-refractivity contribution >= 4 is 32.6 Å². The Hall–Kier alpha value is -2.40. The Bertz CT molecular complexity index is 855. The van der Waals surface area contributed by atoms with Crippen LogP contribution in [-0.2, 0) is 0 Å². The maximum atomic E-state index is 12.4. The van der Waals surface area contributed by atoms with Gasteiger partial charge in [-0.1, -0.05) is 29.5 Å². The first-order valence-electron chi connectivity index (χ1n) is 6.90. The molecule has 0 saturated heterocycles. The summed E-state index contributed by atoms with van der Waals surface area (Å²) >= 11 is 1.49. The number of nitrogens with one attached hydrogen (secondary N) is 1. The molecule has 0 aliphatic heterocycles. The number of carbonyl (C=O) groups is 1. The van der Waals surface area contributed by atoms with Crippen LogP contribution in [0.1, 0.15) is 21.5 Å². The highest BCUT2D eigenvalue weighted by Gasteiger charge is 2.14. The first-order valence-corrected chi connectivity index (χ1v) is 7.72. The number of hydrogen-bond acceptors (Lipinski definition) is 4. The van der Waals surface area contributed by atoms with E-state index in [1.54, 1.807) is 19.2 Å². The smallest absolute Gasteiger partial charge is 0.261 e. The van der Waals surface area contributed by atoms with Crippen molar-refractivity contribution < 1.29 is 9.53 Å². The first-order chi connectivity index (χ1) is 10.6. The Balaban J connectivity index is 1.93. The fourth-order valence-electron chi connectivity index (χ4n) is 2.43. The lowest BCUT2D eigenvalue weighted by molar-refractivity contribution is 0.102. The minimum Gasteiger partial charge on any atom is -0.496 e. The predicted molar refractivity (Wildman–Crippen MR) is 90.0 cm³/mol. The van der Waals surface area contributed by atoms with E-state index in [0.29, 0.717) is 16.4 Å². The van der Waals surface area contributed by atoms with Crippen LogP contribution in [0.25, 0.3) is 10.2 Å². The van der Waals surface area contributed by atoms with Crippen LogP contribution in [0.5, 0.6) is 5.75 Å². The Morgan fingerprint density at radius 3 is 2.77 bits per heavy atom. The molecule has 1 amide bonds. The molecule has 0 spiro atoms. The maximum Gasteiger partial charge on any atom is 0.261 e. The molecular weight excluding hydrogens is 296 g/mol. The summed E-state index contributed by atoms with van der Waals surface area (Å²) in [5.74, 6) is 0.332. The monoisotopic (exact) mass is 312 g/mol. The van der Waals surface area contributed by atoms with Crippen molar-refractivity contribution in [2.24, 2.45) is 0 Å². The normalized spacial score (nSPS) is 10.7. The second-order valence-electron chi connectivity index (χ2n) is 5.10. The highest BCUT2D eigenvalue weighted by molar-refractivity contribution is 7.22. The van der Waals surface area contributed by atoms with Gasteiger partial charge in [0.1, 0.15) is 5.75 Å². The highest BCUT2D eigenvalue weighted by Crippen LogP contribution is 2.30. The first kappa shape index (κ1) is 14.5. The number of para-hydroxylation sites is 1. The van der Waals surface area contributed by atoms with Gasteiger partial charge in [-0.25, -0.2) is 4.98 Å². The number of aromatic nitrogens is 1. The van der Waals surface area contributed by atoms with Gasteiger partial charge in [0, 0.05) is 0 Å². The molecule has 0 atom stereocenters. The van der Waals surface area contributed by atoms with Crippen molar-refractivity contribution in [3.63, 3.8) is 0 Å². The lowest BCUT2D eigenvalue weighted by Crippen LogP contribution is -2.12. The van der Waals surface area contributed by atoms with Gasteiger partial charge in [-0.3, -0.25) is 10.1 Å². The summed E-state index contributed by atoms with van der Waals surface area (Å²) in [5, 5.41) is 3.45. The number of thiazole rings is 1. The van der Waals surface area contributed by atoms with E-state index >= 15 is 0 Å². The van der Waals surface area contributed by atoms with E-state index in [1.807, 2.05) is 25.1 Å². The Labute approximate surface area is 132 Å². The van der Waals surface area contributed by atoms with Gasteiger partial charge in [-0.15, -0.1) is 0 Å². The fourth-order valence-corrected chi connectivity index (χ4v) is 3.34. The molecule has 1 aromatic heterocycles. The van der Waals surface area contributed by atoms with Crippen LogP contribution in [0, 0.1) is 13.8 Å². The molecule has 2 aromatic carbocycles. The van der Waals surface area contributed by atoms with Gasteiger partial charge >= 0.3 is 0 Å². The van der Waals surface area contributed by atoms with E-state index in [-0.39, 0.29) is 5.91 Å². The third kappa shape index (κ3) is 2.67. The summed E-state index contributed by atoms with van der Waals surface area (Å²) in [4.78, 5) is 16.9. The molecule has 0 unspecified atom stereocenters. The largest absolute Gasteiger partial charge is 0.496 e. The molecule has 1 heterocycles. The molecule has 0 aliphatic rings. The van der Waals surface area contributed by atoms with Gasteiger partial charge in [0.05, 0.1) is 22.9 Å². The van der Waals surface area contributed by atoms with Crippen LogP contribution >= 0.6 is 11.3 Å². The molecule has 3 rings (SSSR count). The number of nitrogens with zero attached hydrogens (tertiary/aromatic N) is 1. The predicted octanol–water partition coefficient (Wildman–Crippen LogP) is 4.17. The molecule has 22 heavy (non-hydrogen) atoms. The standard InChI is InChI=1S/C17H16N2O2S/c1-10-8-11(2)15-13(9-10)18-17(22-15)19-16(20)12-6-4-5-7-14(12)21-3/h4-9H,1-3H3,(H,18,19,20). The van der Waals surface area contributed by atoms with Gasteiger partial charge in [0.2, 0.25) is 0 Å². The molecule has 112 valence electrons. The summed E-state index contributed by atoms with van der Waals surface area (Å²) in [6.07, 6.45) is 0. The van der Waals surface area contributed by atoms with E-state index in [1.165, 1.54) is 16.9 Å². The SMILES string of the molecule is COc1ccccc1C(=O)Nc1nc2cc(C)cc(C)c2s1. The second kappa shape index (κ2) is 5.77. The molecule has 1 N–H and O–H groups in total. The molecule has 0 saturated carbocycles. The summed E-state index contributed by atoms with van der Waals surface area (Å²) in [6, 6.07) is 11.3. The number of rotatable bonds is 3. The van der Waals surface area contributed by atoms with Gasteiger partial charge in [-0.05, 0) is 43.2 Å². The highest BCUT2D eigenvalue weighted by atomic mass is 32.1. The number of ether oxygens (including phenoxy) is 1. The fraction of sp³-hybridized carbons (Fsp3) is 0.176. The summed E-state index contributed by atoms with van der Waals surface area (Å²) in [5.41, 5.74) is 3.75. The molecule has 0 aliphatic carbocycles. The van der Waals surface area contributed by atoms with Crippen LogP contribution in [0.4, 0.5) is 5.13 Å². The number of aryl methyl sites for hydroxylation is 2. The average molecular weight is 312 g/mol. The summed E-state index contributed by atoms with van der Waals surface area (Å²) in [6.45, 7) is 4.10. The summed E-state index contributed by atoms with van der Waals surface area (Å²) in [7, 11) is 1.55. The lowest BCUT2D eigenvalue weighted by atomic mass is 10.1. The van der Waals surface area contributed by atoms with E-state index in [9.17, 15) is 4.79 Å². The molecule has 5 heteroatoms. The minimum atomic E-state index is -0.217. The van der Waals surface area contributed by atoms with Crippen LogP contribution < -0.4 is 10.1 Å². The topological polar surface area (TPSA) is 51.2 Å². The number of anilines is 1. The zero-order valence-electron chi connectivity index (χ0n) is 12.6. The molecule has 0 radical (unpaired) electrons. The molecule has 4 nitrogen and oxygen atoms in total. The number of fused-ring (bicyclic) bond motifs is 1. The van der Waals surface area contributed by atoms with E-state index in [4.69, 9.17) is 4.74 Å². The number of methoxy groups -OCH3 is 1. The Morgan fingerprint density at radius 1 is 1.23 bits per heavy atom. The summed E-state index contributed by atoms with van der Waals surface area (Å²) < 4.78 is 6.32. The number of hydrogen-bond donors (Lipinski definition) is 1. The molecule has 0 bridgehead atoms.